The Morgan fingerprint density at radius 2 is 1.50 bits per heavy atom. The van der Waals surface area contributed by atoms with E-state index in [-0.39, 0.29) is 54.4 Å². The third-order valence-electron chi connectivity index (χ3n) is 11.0. The van der Waals surface area contributed by atoms with Gasteiger partial charge in [-0.15, -0.1) is 0 Å². The van der Waals surface area contributed by atoms with Crippen LogP contribution in [0.4, 0.5) is 0 Å². The van der Waals surface area contributed by atoms with Gasteiger partial charge in [0.25, 0.3) is 8.32 Å². The lowest BCUT2D eigenvalue weighted by molar-refractivity contribution is -0.162. The molecule has 0 amide bonds. The van der Waals surface area contributed by atoms with Gasteiger partial charge in [0.2, 0.25) is 0 Å². The fourth-order valence-electron chi connectivity index (χ4n) is 7.73. The molecule has 2 aromatic rings. The molecule has 46 heavy (non-hydrogen) atoms. The van der Waals surface area contributed by atoms with Crippen LogP contribution in [-0.2, 0) is 23.1 Å². The van der Waals surface area contributed by atoms with Crippen molar-refractivity contribution < 1.29 is 23.1 Å². The van der Waals surface area contributed by atoms with E-state index in [1.54, 1.807) is 6.08 Å². The Kier molecular flexibility index (Phi) is 12.7. The second-order valence-corrected chi connectivity index (χ2v) is 23.9. The summed E-state index contributed by atoms with van der Waals surface area (Å²) in [5.41, 5.74) is 0. The van der Waals surface area contributed by atoms with E-state index in [9.17, 15) is 4.79 Å². The van der Waals surface area contributed by atoms with Crippen LogP contribution in [0.25, 0.3) is 0 Å². The first kappa shape index (κ1) is 36.8. The fourth-order valence-corrected chi connectivity index (χ4v) is 15.4. The molecule has 0 bridgehead atoms. The lowest BCUT2D eigenvalue weighted by Crippen LogP contribution is -2.69. The van der Waals surface area contributed by atoms with Gasteiger partial charge in [0.1, 0.15) is 6.61 Å². The van der Waals surface area contributed by atoms with E-state index >= 15 is 0 Å². The Balaban J connectivity index is 1.73. The number of benzene rings is 2. The summed E-state index contributed by atoms with van der Waals surface area (Å²) in [5, 5.41) is 2.39. The smallest absolute Gasteiger partial charge is 0.308 e. The molecule has 1 aliphatic carbocycles. The van der Waals surface area contributed by atoms with Crippen LogP contribution in [-0.4, -0.2) is 53.6 Å². The molecule has 0 spiro atoms. The number of carbonyl (C=O) groups is 1. The van der Waals surface area contributed by atoms with Crippen molar-refractivity contribution in [2.45, 2.75) is 129 Å². The first-order valence-electron chi connectivity index (χ1n) is 17.8. The minimum absolute atomic E-state index is 0.00351. The minimum Gasteiger partial charge on any atom is -0.461 e. The van der Waals surface area contributed by atoms with Gasteiger partial charge in [-0.05, 0) is 64.6 Å². The van der Waals surface area contributed by atoms with Crippen molar-refractivity contribution in [2.24, 2.45) is 17.8 Å². The summed E-state index contributed by atoms with van der Waals surface area (Å²) >= 11 is 0. The van der Waals surface area contributed by atoms with Gasteiger partial charge in [0.15, 0.2) is 8.32 Å². The van der Waals surface area contributed by atoms with Crippen LogP contribution in [0.3, 0.4) is 0 Å². The summed E-state index contributed by atoms with van der Waals surface area (Å²) in [6, 6.07) is 25.1. The standard InChI is InChI=1S/C39H60O5Si2/c1-10-24-41-38(40)28-35-30(6)36(26-31(42-35)27-37(34-25-29(34)5)43-45(11-2,12-3)13-4)44-46(39(7,8)9,32-20-16-14-17-21-32)33-22-18-15-19-23-33/h10,14-23,29-31,34-37H,1,11-13,24-28H2,2-9H3/t29-,30+,31+,34-,35+,36+,37+/m1/s1. The van der Waals surface area contributed by atoms with E-state index in [0.717, 1.165) is 31.0 Å². The van der Waals surface area contributed by atoms with Crippen LogP contribution in [0.5, 0.6) is 0 Å². The zero-order valence-electron chi connectivity index (χ0n) is 29.8. The van der Waals surface area contributed by atoms with Crippen LogP contribution < -0.4 is 10.4 Å². The molecule has 1 saturated heterocycles. The Hall–Kier alpha value is -2.04. The highest BCUT2D eigenvalue weighted by molar-refractivity contribution is 6.99. The zero-order valence-corrected chi connectivity index (χ0v) is 31.8. The van der Waals surface area contributed by atoms with Crippen LogP contribution in [0.1, 0.15) is 81.1 Å². The third-order valence-corrected chi connectivity index (χ3v) is 20.7. The van der Waals surface area contributed by atoms with Crippen molar-refractivity contribution in [2.75, 3.05) is 6.61 Å². The molecule has 2 aliphatic rings. The molecule has 4 rings (SSSR count). The second-order valence-electron chi connectivity index (χ2n) is 14.9. The normalized spacial score (nSPS) is 25.9. The van der Waals surface area contributed by atoms with E-state index in [0.29, 0.717) is 11.8 Å². The van der Waals surface area contributed by atoms with E-state index in [4.69, 9.17) is 18.3 Å². The maximum absolute atomic E-state index is 13.0. The number of hydrogen-bond acceptors (Lipinski definition) is 5. The predicted molar refractivity (Wildman–Crippen MR) is 195 cm³/mol. The Morgan fingerprint density at radius 1 is 0.957 bits per heavy atom. The molecule has 0 N–H and O–H groups in total. The van der Waals surface area contributed by atoms with Crippen molar-refractivity contribution >= 4 is 33.0 Å². The van der Waals surface area contributed by atoms with Crippen molar-refractivity contribution in [1.29, 1.82) is 0 Å². The van der Waals surface area contributed by atoms with Crippen LogP contribution in [0, 0.1) is 17.8 Å². The molecule has 2 aromatic carbocycles. The van der Waals surface area contributed by atoms with Crippen LogP contribution in [0.2, 0.25) is 23.2 Å². The van der Waals surface area contributed by atoms with E-state index in [1.807, 2.05) is 0 Å². The molecule has 254 valence electrons. The summed E-state index contributed by atoms with van der Waals surface area (Å²) in [7, 11) is -4.64. The summed E-state index contributed by atoms with van der Waals surface area (Å²) in [5.74, 6) is 1.01. The number of esters is 1. The van der Waals surface area contributed by atoms with Crippen molar-refractivity contribution in [3.63, 3.8) is 0 Å². The molecular weight excluding hydrogens is 605 g/mol. The monoisotopic (exact) mass is 664 g/mol. The SMILES string of the molecule is C=CCOC(=O)C[C@@H]1O[C@H](C[C@H](O[Si](CC)(CC)CC)[C@@H]2C[C@H]2C)C[C@H](O[Si](c2ccccc2)(c2ccccc2)C(C)(C)C)[C@H]1C. The maximum atomic E-state index is 13.0. The van der Waals surface area contributed by atoms with Crippen molar-refractivity contribution in [3.05, 3.63) is 73.3 Å². The molecular formula is C39H60O5Si2. The van der Waals surface area contributed by atoms with Crippen LogP contribution >= 0.6 is 0 Å². The van der Waals surface area contributed by atoms with E-state index in [2.05, 4.69) is 123 Å². The van der Waals surface area contributed by atoms with Gasteiger partial charge in [-0.3, -0.25) is 4.79 Å². The molecule has 0 unspecified atom stereocenters. The first-order valence-corrected chi connectivity index (χ1v) is 22.3. The summed E-state index contributed by atoms with van der Waals surface area (Å²) < 4.78 is 27.4. The van der Waals surface area contributed by atoms with Gasteiger partial charge in [-0.2, -0.15) is 0 Å². The summed E-state index contributed by atoms with van der Waals surface area (Å²) in [6.45, 7) is 22.4. The van der Waals surface area contributed by atoms with E-state index < -0.39 is 16.6 Å². The minimum atomic E-state index is -2.82. The Morgan fingerprint density at radius 3 is 1.96 bits per heavy atom. The fraction of sp³-hybridized carbons (Fsp3) is 0.615. The molecule has 2 fully saturated rings. The maximum Gasteiger partial charge on any atom is 0.308 e. The molecule has 1 aliphatic heterocycles. The molecule has 7 heteroatoms. The van der Waals surface area contributed by atoms with E-state index in [1.165, 1.54) is 16.8 Å². The topological polar surface area (TPSA) is 54.0 Å². The molecule has 1 saturated carbocycles. The molecule has 1 heterocycles. The number of hydrogen-bond donors (Lipinski definition) is 0. The molecule has 5 nitrogen and oxygen atoms in total. The molecule has 7 atom stereocenters. The molecule has 0 radical (unpaired) electrons. The quantitative estimate of drug-likeness (QED) is 0.103. The number of carbonyl (C=O) groups excluding carboxylic acids is 1. The van der Waals surface area contributed by atoms with Gasteiger partial charge < -0.3 is 18.3 Å². The molecule has 0 aromatic heterocycles. The highest BCUT2D eigenvalue weighted by Gasteiger charge is 2.54. The third kappa shape index (κ3) is 8.33. The van der Waals surface area contributed by atoms with Crippen LogP contribution in [0.15, 0.2) is 73.3 Å². The predicted octanol–water partition coefficient (Wildman–Crippen LogP) is 8.28. The lowest BCUT2D eigenvalue weighted by atomic mass is 9.87. The van der Waals surface area contributed by atoms with Crippen molar-refractivity contribution in [3.8, 4) is 0 Å². The summed E-state index contributed by atoms with van der Waals surface area (Å²) in [6.07, 6.45) is 4.38. The summed E-state index contributed by atoms with van der Waals surface area (Å²) in [4.78, 5) is 13.0. The van der Waals surface area contributed by atoms with Gasteiger partial charge in [-0.25, -0.2) is 0 Å². The van der Waals surface area contributed by atoms with Gasteiger partial charge >= 0.3 is 5.97 Å². The van der Waals surface area contributed by atoms with Gasteiger partial charge in [0.05, 0.1) is 30.8 Å². The Bertz CT molecular complexity index is 1190. The van der Waals surface area contributed by atoms with Gasteiger partial charge in [-0.1, -0.05) is 129 Å². The second kappa shape index (κ2) is 15.9. The average molecular weight is 665 g/mol. The number of ether oxygens (including phenoxy) is 2. The van der Waals surface area contributed by atoms with Crippen molar-refractivity contribution in [1.82, 2.24) is 0 Å². The lowest BCUT2D eigenvalue weighted by Gasteiger charge is -2.49. The first-order chi connectivity index (χ1) is 21.9. The highest BCUT2D eigenvalue weighted by Crippen LogP contribution is 2.47. The number of rotatable bonds is 16. The highest BCUT2D eigenvalue weighted by atomic mass is 28.4. The Labute approximate surface area is 281 Å². The average Bonchev–Trinajstić information content (AvgIpc) is 3.79. The van der Waals surface area contributed by atoms with Gasteiger partial charge in [0, 0.05) is 5.92 Å². The zero-order chi connectivity index (χ0) is 33.5. The largest absolute Gasteiger partial charge is 0.461 e.